The number of benzene rings is 2. The first-order chi connectivity index (χ1) is 18.2. The molecule has 0 saturated carbocycles. The van der Waals surface area contributed by atoms with Gasteiger partial charge < -0.3 is 10.1 Å². The van der Waals surface area contributed by atoms with E-state index in [1.54, 1.807) is 6.20 Å². The maximum atomic E-state index is 13.8. The van der Waals surface area contributed by atoms with E-state index in [4.69, 9.17) is 4.74 Å². The number of nitrogens with zero attached hydrogens (tertiary/aromatic N) is 2. The van der Waals surface area contributed by atoms with Crippen LogP contribution in [0.15, 0.2) is 101 Å². The van der Waals surface area contributed by atoms with E-state index in [1.165, 1.54) is 28.4 Å². The summed E-state index contributed by atoms with van der Waals surface area (Å²) in [6, 6.07) is 24.0. The van der Waals surface area contributed by atoms with E-state index in [0.717, 1.165) is 16.8 Å². The lowest BCUT2D eigenvalue weighted by atomic mass is 10.0. The number of carbonyl (C=O) groups is 3. The molecule has 3 heterocycles. The summed E-state index contributed by atoms with van der Waals surface area (Å²) in [6.45, 7) is 0. The van der Waals surface area contributed by atoms with Crippen LogP contribution in [0.3, 0.4) is 0 Å². The van der Waals surface area contributed by atoms with Crippen molar-refractivity contribution in [1.82, 2.24) is 15.2 Å². The predicted octanol–water partition coefficient (Wildman–Crippen LogP) is 4.36. The second-order valence-corrected chi connectivity index (χ2v) is 10.3. The molecule has 2 aliphatic rings. The Morgan fingerprint density at radius 1 is 1.05 bits per heavy atom. The summed E-state index contributed by atoms with van der Waals surface area (Å²) < 4.78 is 6.11. The number of thioether (sulfide) groups is 2. The van der Waals surface area contributed by atoms with Gasteiger partial charge in [-0.05, 0) is 34.7 Å². The Labute approximate surface area is 223 Å². The van der Waals surface area contributed by atoms with Crippen LogP contribution in [-0.4, -0.2) is 45.3 Å². The molecule has 7 nitrogen and oxygen atoms in total. The van der Waals surface area contributed by atoms with Crippen LogP contribution in [0.25, 0.3) is 6.08 Å². The van der Waals surface area contributed by atoms with Gasteiger partial charge in [0.15, 0.2) is 6.10 Å². The molecule has 2 aromatic carbocycles. The van der Waals surface area contributed by atoms with Crippen LogP contribution in [0.2, 0.25) is 0 Å². The van der Waals surface area contributed by atoms with Gasteiger partial charge in [0.1, 0.15) is 17.1 Å². The summed E-state index contributed by atoms with van der Waals surface area (Å²) in [4.78, 5) is 44.2. The molecule has 0 aliphatic carbocycles. The molecule has 1 unspecified atom stereocenters. The zero-order valence-corrected chi connectivity index (χ0v) is 21.2. The van der Waals surface area contributed by atoms with Gasteiger partial charge in [0.25, 0.3) is 5.91 Å². The minimum absolute atomic E-state index is 0.213. The van der Waals surface area contributed by atoms with Crippen LogP contribution in [0.4, 0.5) is 0 Å². The predicted molar refractivity (Wildman–Crippen MR) is 145 cm³/mol. The molecule has 3 aromatic rings. The van der Waals surface area contributed by atoms with E-state index in [-0.39, 0.29) is 17.0 Å². The van der Waals surface area contributed by atoms with Crippen molar-refractivity contribution < 1.29 is 19.1 Å². The number of carbonyl (C=O) groups excluding carboxylic acids is 3. The molecule has 2 amide bonds. The zero-order valence-electron chi connectivity index (χ0n) is 19.6. The van der Waals surface area contributed by atoms with Crippen LogP contribution in [0.5, 0.6) is 0 Å². The molecule has 5 rings (SSSR count). The second-order valence-electron chi connectivity index (χ2n) is 8.23. The standard InChI is InChI=1S/C28H23N3O4S2/c32-18-30-23-26(33)31-24(22(17-37-27(23)31)36-16-14-21-13-7-8-15-29-21)28(34)35-25(19-9-3-1-4-10-19)20-11-5-2-6-12-20/h1-16,18,23,25,27H,17H2,(H,30,32)/b16-14-/t23?,27-/m1/s1. The van der Waals surface area contributed by atoms with Crippen LogP contribution in [0, 0.1) is 0 Å². The molecule has 1 saturated heterocycles. The van der Waals surface area contributed by atoms with Crippen molar-refractivity contribution in [2.45, 2.75) is 17.5 Å². The molecule has 0 radical (unpaired) electrons. The molecule has 0 spiro atoms. The van der Waals surface area contributed by atoms with Gasteiger partial charge in [0.05, 0.1) is 5.69 Å². The van der Waals surface area contributed by atoms with Crippen LogP contribution >= 0.6 is 23.5 Å². The van der Waals surface area contributed by atoms with E-state index < -0.39 is 18.1 Å². The molecule has 9 heteroatoms. The minimum Gasteiger partial charge on any atom is -0.448 e. The Kier molecular flexibility index (Phi) is 7.72. The highest BCUT2D eigenvalue weighted by molar-refractivity contribution is 8.08. The monoisotopic (exact) mass is 529 g/mol. The fourth-order valence-corrected chi connectivity index (χ4v) is 6.52. The van der Waals surface area contributed by atoms with Crippen LogP contribution in [-0.2, 0) is 19.1 Å². The van der Waals surface area contributed by atoms with Crippen molar-refractivity contribution in [3.63, 3.8) is 0 Å². The van der Waals surface area contributed by atoms with E-state index in [9.17, 15) is 14.4 Å². The smallest absolute Gasteiger partial charge is 0.356 e. The summed E-state index contributed by atoms with van der Waals surface area (Å²) in [7, 11) is 0. The van der Waals surface area contributed by atoms with E-state index in [0.29, 0.717) is 17.1 Å². The third kappa shape index (κ3) is 5.33. The molecule has 2 atom stereocenters. The number of aromatic nitrogens is 1. The lowest BCUT2D eigenvalue weighted by Gasteiger charge is -2.49. The third-order valence-electron chi connectivity index (χ3n) is 5.94. The lowest BCUT2D eigenvalue weighted by Crippen LogP contribution is -2.69. The minimum atomic E-state index is -0.667. The van der Waals surface area contributed by atoms with Crippen LogP contribution in [0.1, 0.15) is 22.9 Å². The number of pyridine rings is 1. The Hall–Kier alpha value is -3.82. The number of nitrogens with one attached hydrogen (secondary N) is 1. The molecule has 0 bridgehead atoms. The number of rotatable bonds is 9. The fraction of sp³-hybridized carbons (Fsp3) is 0.143. The maximum absolute atomic E-state index is 13.8. The quantitative estimate of drug-likeness (QED) is 0.250. The molecule has 1 fully saturated rings. The van der Waals surface area contributed by atoms with Gasteiger partial charge in [-0.1, -0.05) is 78.5 Å². The highest BCUT2D eigenvalue weighted by Crippen LogP contribution is 2.44. The SMILES string of the molecule is O=CNC1C(=O)N2C(C(=O)OC(c3ccccc3)c3ccccc3)=C(S/C=C\c3ccccn3)CS[C@H]12. The van der Waals surface area contributed by atoms with Gasteiger partial charge in [-0.3, -0.25) is 19.5 Å². The molecule has 1 N–H and O–H groups in total. The fourth-order valence-electron chi connectivity index (χ4n) is 4.17. The number of fused-ring (bicyclic) bond motifs is 1. The number of hydrogen-bond donors (Lipinski definition) is 1. The van der Waals surface area contributed by atoms with Gasteiger partial charge in [0.2, 0.25) is 6.41 Å². The summed E-state index contributed by atoms with van der Waals surface area (Å²) in [5.74, 6) is -0.428. The third-order valence-corrected chi connectivity index (χ3v) is 8.30. The van der Waals surface area contributed by atoms with Crippen molar-refractivity contribution in [3.8, 4) is 0 Å². The lowest BCUT2D eigenvalue weighted by molar-refractivity contribution is -0.154. The Morgan fingerprint density at radius 3 is 2.35 bits per heavy atom. The number of β-lactam (4-membered cyclic amide) rings is 1. The van der Waals surface area contributed by atoms with Crippen molar-refractivity contribution in [1.29, 1.82) is 0 Å². The summed E-state index contributed by atoms with van der Waals surface area (Å²) in [5, 5.41) is 4.05. The molecule has 1 aromatic heterocycles. The molecule has 186 valence electrons. The second kappa shape index (κ2) is 11.5. The number of amides is 2. The highest BCUT2D eigenvalue weighted by Gasteiger charge is 2.54. The van der Waals surface area contributed by atoms with Gasteiger partial charge in [-0.25, -0.2) is 4.79 Å². The largest absolute Gasteiger partial charge is 0.448 e. The van der Waals surface area contributed by atoms with E-state index in [1.807, 2.05) is 90.3 Å². The van der Waals surface area contributed by atoms with Crippen molar-refractivity contribution in [3.05, 3.63) is 118 Å². The normalized spacial score (nSPS) is 18.9. The number of esters is 1. The Morgan fingerprint density at radius 2 is 1.73 bits per heavy atom. The first kappa shape index (κ1) is 24.9. The van der Waals surface area contributed by atoms with Crippen LogP contribution < -0.4 is 5.32 Å². The van der Waals surface area contributed by atoms with Gasteiger partial charge in [-0.15, -0.1) is 11.8 Å². The van der Waals surface area contributed by atoms with E-state index >= 15 is 0 Å². The van der Waals surface area contributed by atoms with Gasteiger partial charge in [0, 0.05) is 16.9 Å². The molecular formula is C28H23N3O4S2. The van der Waals surface area contributed by atoms with Gasteiger partial charge in [-0.2, -0.15) is 0 Å². The summed E-state index contributed by atoms with van der Waals surface area (Å²) in [5.41, 5.74) is 2.64. The average Bonchev–Trinajstić information content (AvgIpc) is 2.95. The zero-order chi connectivity index (χ0) is 25.6. The topological polar surface area (TPSA) is 88.6 Å². The molecular weight excluding hydrogens is 506 g/mol. The van der Waals surface area contributed by atoms with Crippen molar-refractivity contribution in [2.24, 2.45) is 0 Å². The average molecular weight is 530 g/mol. The summed E-state index contributed by atoms with van der Waals surface area (Å²) in [6.07, 6.45) is 3.43. The number of ether oxygens (including phenoxy) is 1. The Balaban J connectivity index is 1.47. The molecule has 2 aliphatic heterocycles. The first-order valence-electron chi connectivity index (χ1n) is 11.6. The van der Waals surface area contributed by atoms with Crippen molar-refractivity contribution in [2.75, 3.05) is 5.75 Å². The van der Waals surface area contributed by atoms with Crippen molar-refractivity contribution >= 4 is 47.9 Å². The van der Waals surface area contributed by atoms with E-state index in [2.05, 4.69) is 10.3 Å². The number of hydrogen-bond acceptors (Lipinski definition) is 7. The highest BCUT2D eigenvalue weighted by atomic mass is 32.2. The maximum Gasteiger partial charge on any atom is 0.356 e. The molecule has 37 heavy (non-hydrogen) atoms. The van der Waals surface area contributed by atoms with Gasteiger partial charge >= 0.3 is 5.97 Å². The first-order valence-corrected chi connectivity index (χ1v) is 13.5. The Bertz CT molecular complexity index is 1290. The summed E-state index contributed by atoms with van der Waals surface area (Å²) >= 11 is 2.86.